The van der Waals surface area contributed by atoms with Gasteiger partial charge in [-0.2, -0.15) is 0 Å². The van der Waals surface area contributed by atoms with E-state index < -0.39 is 0 Å². The lowest BCUT2D eigenvalue weighted by molar-refractivity contribution is 0.0932. The van der Waals surface area contributed by atoms with Gasteiger partial charge in [-0.15, -0.1) is 10.2 Å². The summed E-state index contributed by atoms with van der Waals surface area (Å²) in [6.45, 7) is 6.26. The Balaban J connectivity index is 1.25. The fourth-order valence-corrected chi connectivity index (χ4v) is 4.53. The molecule has 1 aliphatic carbocycles. The first-order valence-corrected chi connectivity index (χ1v) is 10.2. The number of rotatable bonds is 5. The van der Waals surface area contributed by atoms with Crippen LogP contribution in [0.1, 0.15) is 47.3 Å². The van der Waals surface area contributed by atoms with Crippen LogP contribution in [-0.2, 0) is 25.9 Å². The van der Waals surface area contributed by atoms with Crippen LogP contribution < -0.4 is 5.32 Å². The lowest BCUT2D eigenvalue weighted by Crippen LogP contribution is -2.33. The molecule has 5 rings (SSSR count). The summed E-state index contributed by atoms with van der Waals surface area (Å²) in [5.74, 6) is 2.63. The molecular formula is C21H27N5O. The number of aromatic nitrogens is 3. The van der Waals surface area contributed by atoms with Gasteiger partial charge in [-0.3, -0.25) is 9.69 Å². The fourth-order valence-electron chi connectivity index (χ4n) is 4.53. The van der Waals surface area contributed by atoms with Crippen LogP contribution in [-0.4, -0.2) is 44.7 Å². The lowest BCUT2D eigenvalue weighted by Gasteiger charge is -2.25. The predicted molar refractivity (Wildman–Crippen MR) is 102 cm³/mol. The topological polar surface area (TPSA) is 63.1 Å². The van der Waals surface area contributed by atoms with Crippen molar-refractivity contribution in [1.82, 2.24) is 25.0 Å². The van der Waals surface area contributed by atoms with E-state index in [1.165, 1.54) is 11.1 Å². The minimum atomic E-state index is -0.0550. The van der Waals surface area contributed by atoms with E-state index in [4.69, 9.17) is 0 Å². The van der Waals surface area contributed by atoms with E-state index in [-0.39, 0.29) is 5.91 Å². The third kappa shape index (κ3) is 3.38. The number of nitrogens with one attached hydrogen (secondary N) is 1. The molecule has 1 N–H and O–H groups in total. The summed E-state index contributed by atoms with van der Waals surface area (Å²) in [5, 5.41) is 11.6. The molecule has 3 aliphatic rings. The summed E-state index contributed by atoms with van der Waals surface area (Å²) in [5.41, 5.74) is 2.78. The van der Waals surface area contributed by atoms with E-state index in [1.54, 1.807) is 0 Å². The van der Waals surface area contributed by atoms with Gasteiger partial charge in [0.1, 0.15) is 5.82 Å². The zero-order chi connectivity index (χ0) is 18.4. The van der Waals surface area contributed by atoms with Gasteiger partial charge < -0.3 is 9.88 Å². The van der Waals surface area contributed by atoms with Crippen LogP contribution in [0.15, 0.2) is 24.3 Å². The van der Waals surface area contributed by atoms with Crippen LogP contribution in [0.2, 0.25) is 0 Å². The Labute approximate surface area is 160 Å². The number of amides is 1. The Morgan fingerprint density at radius 1 is 1.07 bits per heavy atom. The Hall–Kier alpha value is -2.21. The van der Waals surface area contributed by atoms with Crippen molar-refractivity contribution in [2.24, 2.45) is 11.8 Å². The molecule has 1 aromatic carbocycles. The molecule has 0 bridgehead atoms. The van der Waals surface area contributed by atoms with Gasteiger partial charge in [-0.25, -0.2) is 0 Å². The smallest absolute Gasteiger partial charge is 0.289 e. The van der Waals surface area contributed by atoms with Crippen molar-refractivity contribution < 1.29 is 4.79 Å². The highest BCUT2D eigenvalue weighted by Gasteiger charge is 2.39. The molecule has 0 radical (unpaired) electrons. The molecule has 1 amide bonds. The van der Waals surface area contributed by atoms with Gasteiger partial charge in [-0.05, 0) is 42.2 Å². The average Bonchev–Trinajstić information content (AvgIpc) is 3.25. The quantitative estimate of drug-likeness (QED) is 0.881. The molecule has 1 saturated heterocycles. The third-order valence-electron chi connectivity index (χ3n) is 6.29. The van der Waals surface area contributed by atoms with Crippen LogP contribution >= 0.6 is 0 Å². The minimum Gasteiger partial charge on any atom is -0.347 e. The molecule has 2 aromatic rings. The number of carbonyl (C=O) groups is 1. The zero-order valence-corrected chi connectivity index (χ0v) is 15.9. The van der Waals surface area contributed by atoms with Gasteiger partial charge in [-0.1, -0.05) is 31.2 Å². The number of likely N-dealkylation sites (tertiary alicyclic amines) is 1. The molecule has 1 saturated carbocycles. The third-order valence-corrected chi connectivity index (χ3v) is 6.29. The summed E-state index contributed by atoms with van der Waals surface area (Å²) in [6, 6.07) is 9.35. The first-order valence-electron chi connectivity index (χ1n) is 10.2. The molecular weight excluding hydrogens is 338 g/mol. The van der Waals surface area contributed by atoms with E-state index in [9.17, 15) is 4.79 Å². The molecule has 6 heteroatoms. The molecule has 2 aliphatic heterocycles. The number of benzene rings is 1. The maximum absolute atomic E-state index is 12.4. The highest BCUT2D eigenvalue weighted by molar-refractivity contribution is 5.91. The van der Waals surface area contributed by atoms with Crippen molar-refractivity contribution in [3.63, 3.8) is 0 Å². The van der Waals surface area contributed by atoms with Crippen molar-refractivity contribution in [3.05, 3.63) is 47.0 Å². The van der Waals surface area contributed by atoms with Crippen molar-refractivity contribution in [2.45, 2.75) is 51.7 Å². The Morgan fingerprint density at radius 2 is 1.81 bits per heavy atom. The molecule has 142 valence electrons. The van der Waals surface area contributed by atoms with E-state index in [1.807, 2.05) is 0 Å². The normalized spacial score (nSPS) is 24.5. The summed E-state index contributed by atoms with van der Waals surface area (Å²) >= 11 is 0. The first-order chi connectivity index (χ1) is 13.2. The molecule has 1 aromatic heterocycles. The average molecular weight is 365 g/mol. The van der Waals surface area contributed by atoms with E-state index in [2.05, 4.69) is 56.2 Å². The molecule has 0 unspecified atom stereocenters. The number of nitrogens with zero attached hydrogens (tertiary/aromatic N) is 4. The maximum Gasteiger partial charge on any atom is 0.289 e. The fraction of sp³-hybridized carbons (Fsp3) is 0.571. The van der Waals surface area contributed by atoms with Crippen LogP contribution in [0.4, 0.5) is 0 Å². The van der Waals surface area contributed by atoms with Crippen molar-refractivity contribution >= 4 is 5.91 Å². The Kier molecular flexibility index (Phi) is 4.23. The first kappa shape index (κ1) is 16.9. The summed E-state index contributed by atoms with van der Waals surface area (Å²) < 4.78 is 2.07. The number of carbonyl (C=O) groups excluding carboxylic acids is 1. The van der Waals surface area contributed by atoms with Crippen molar-refractivity contribution in [1.29, 1.82) is 0 Å². The highest BCUT2D eigenvalue weighted by atomic mass is 16.2. The van der Waals surface area contributed by atoms with E-state index in [0.717, 1.165) is 57.7 Å². The molecule has 2 fully saturated rings. The molecule has 2 atom stereocenters. The molecule has 27 heavy (non-hydrogen) atoms. The van der Waals surface area contributed by atoms with Gasteiger partial charge >= 0.3 is 0 Å². The van der Waals surface area contributed by atoms with Crippen LogP contribution in [0.3, 0.4) is 0 Å². The largest absolute Gasteiger partial charge is 0.347 e. The predicted octanol–water partition coefficient (Wildman–Crippen LogP) is 2.04. The van der Waals surface area contributed by atoms with Crippen LogP contribution in [0.25, 0.3) is 0 Å². The number of fused-ring (bicyclic) bond motifs is 2. The highest BCUT2D eigenvalue weighted by Crippen LogP contribution is 2.33. The second-order valence-corrected chi connectivity index (χ2v) is 8.39. The summed E-state index contributed by atoms with van der Waals surface area (Å²) in [4.78, 5) is 15.0. The van der Waals surface area contributed by atoms with E-state index >= 15 is 0 Å². The molecule has 3 heterocycles. The van der Waals surface area contributed by atoms with Crippen LogP contribution in [0, 0.1) is 11.8 Å². The van der Waals surface area contributed by atoms with Gasteiger partial charge in [0.15, 0.2) is 0 Å². The monoisotopic (exact) mass is 365 g/mol. The van der Waals surface area contributed by atoms with Crippen molar-refractivity contribution in [3.8, 4) is 0 Å². The number of hydrogen-bond donors (Lipinski definition) is 1. The lowest BCUT2D eigenvalue weighted by atomic mass is 9.89. The SMILES string of the molecule is CCc1ccc(CN2C[C@H]3Cc4nnc(C(=O)NC5CC5)n4C[C@H]3C2)cc1. The maximum atomic E-state index is 12.4. The Bertz CT molecular complexity index is 839. The number of hydrogen-bond acceptors (Lipinski definition) is 4. The van der Waals surface area contributed by atoms with Crippen LogP contribution in [0.5, 0.6) is 0 Å². The minimum absolute atomic E-state index is 0.0550. The van der Waals surface area contributed by atoms with Crippen molar-refractivity contribution in [2.75, 3.05) is 13.1 Å². The summed E-state index contributed by atoms with van der Waals surface area (Å²) in [6.07, 6.45) is 4.20. The summed E-state index contributed by atoms with van der Waals surface area (Å²) in [7, 11) is 0. The Morgan fingerprint density at radius 3 is 2.56 bits per heavy atom. The van der Waals surface area contributed by atoms with E-state index in [0.29, 0.717) is 23.7 Å². The zero-order valence-electron chi connectivity index (χ0n) is 15.9. The second-order valence-electron chi connectivity index (χ2n) is 8.39. The molecule has 0 spiro atoms. The number of aryl methyl sites for hydroxylation is 1. The standard InChI is InChI=1S/C21H27N5O/c1-2-14-3-5-15(6-4-14)10-25-11-16-9-19-23-24-20(21(27)22-18-7-8-18)26(19)13-17(16)12-25/h3-6,16-18H,2,7-13H2,1H3,(H,22,27)/t16-,17-/m1/s1. The van der Waals surface area contributed by atoms with Gasteiger partial charge in [0.2, 0.25) is 5.82 Å². The second kappa shape index (κ2) is 6.75. The van der Waals surface area contributed by atoms with Gasteiger partial charge in [0, 0.05) is 38.6 Å². The van der Waals surface area contributed by atoms with Gasteiger partial charge in [0.05, 0.1) is 0 Å². The van der Waals surface area contributed by atoms with Gasteiger partial charge in [0.25, 0.3) is 5.91 Å². The molecule has 6 nitrogen and oxygen atoms in total.